The molecule has 0 N–H and O–H groups in total. The minimum Gasteiger partial charge on any atom is -0.497 e. The second kappa shape index (κ2) is 7.03. The van der Waals surface area contributed by atoms with Crippen molar-refractivity contribution >= 4 is 50.0 Å². The van der Waals surface area contributed by atoms with Crippen LogP contribution in [0.25, 0.3) is 31.8 Å². The molecule has 6 heteroatoms. The second-order valence-corrected chi connectivity index (χ2v) is 8.11. The van der Waals surface area contributed by atoms with Crippen molar-refractivity contribution in [3.8, 4) is 16.5 Å². The topological polar surface area (TPSA) is 44.1 Å². The molecule has 2 heterocycles. The van der Waals surface area contributed by atoms with Gasteiger partial charge in [-0.1, -0.05) is 29.8 Å². The third-order valence-corrected chi connectivity index (χ3v) is 6.15. The Hall–Kier alpha value is -3.15. The monoisotopic (exact) mass is 418 g/mol. The molecule has 0 spiro atoms. The fraction of sp³-hybridized carbons (Fsp3) is 0.0435. The summed E-state index contributed by atoms with van der Waals surface area (Å²) in [5.74, 6) is 1.15. The van der Waals surface area contributed by atoms with Gasteiger partial charge in [0.1, 0.15) is 5.75 Å². The van der Waals surface area contributed by atoms with Crippen molar-refractivity contribution in [2.24, 2.45) is 0 Å². The van der Waals surface area contributed by atoms with Crippen molar-refractivity contribution in [3.05, 3.63) is 83.4 Å². The molecule has 0 aliphatic carbocycles. The van der Waals surface area contributed by atoms with E-state index in [1.54, 1.807) is 59.4 Å². The number of hydrogen-bond donors (Lipinski definition) is 0. The Labute approximate surface area is 175 Å². The molecule has 0 radical (unpaired) electrons. The van der Waals surface area contributed by atoms with E-state index in [0.29, 0.717) is 27.7 Å². The maximum Gasteiger partial charge on any atom is 0.264 e. The number of carbonyl (C=O) groups is 1. The summed E-state index contributed by atoms with van der Waals surface area (Å²) in [7, 11) is 1.60. The quantitative estimate of drug-likeness (QED) is 0.347. The predicted molar refractivity (Wildman–Crippen MR) is 118 cm³/mol. The summed E-state index contributed by atoms with van der Waals surface area (Å²) < 4.78 is 8.00. The first-order valence-electron chi connectivity index (χ1n) is 9.00. The zero-order valence-electron chi connectivity index (χ0n) is 15.4. The van der Waals surface area contributed by atoms with E-state index in [-0.39, 0.29) is 5.91 Å². The molecule has 0 unspecified atom stereocenters. The van der Waals surface area contributed by atoms with Crippen LogP contribution >= 0.6 is 22.9 Å². The molecule has 29 heavy (non-hydrogen) atoms. The summed E-state index contributed by atoms with van der Waals surface area (Å²) >= 11 is 7.85. The predicted octanol–water partition coefficient (Wildman–Crippen LogP) is 6.27. The number of methoxy groups -OCH3 is 1. The zero-order chi connectivity index (χ0) is 20.0. The Morgan fingerprint density at radius 3 is 2.59 bits per heavy atom. The van der Waals surface area contributed by atoms with Gasteiger partial charge in [-0.2, -0.15) is 0 Å². The molecule has 0 bridgehead atoms. The molecule has 0 saturated carbocycles. The minimum atomic E-state index is -0.162. The van der Waals surface area contributed by atoms with Crippen LogP contribution in [0.2, 0.25) is 5.02 Å². The van der Waals surface area contributed by atoms with Crippen LogP contribution in [-0.2, 0) is 0 Å². The molecule has 0 amide bonds. The van der Waals surface area contributed by atoms with Crippen molar-refractivity contribution in [2.75, 3.05) is 7.11 Å². The lowest BCUT2D eigenvalue weighted by Gasteiger charge is -2.08. The summed E-state index contributed by atoms with van der Waals surface area (Å²) in [6.45, 7) is 0. The fourth-order valence-electron chi connectivity index (χ4n) is 3.37. The Morgan fingerprint density at radius 1 is 1.03 bits per heavy atom. The molecular formula is C23H15ClN2O2S. The molecule has 142 valence electrons. The lowest BCUT2D eigenvalue weighted by Crippen LogP contribution is -2.13. The first-order valence-corrected chi connectivity index (χ1v) is 10.2. The fourth-order valence-corrected chi connectivity index (χ4v) is 4.58. The van der Waals surface area contributed by atoms with E-state index in [9.17, 15) is 4.79 Å². The molecule has 0 atom stereocenters. The van der Waals surface area contributed by atoms with E-state index < -0.39 is 0 Å². The van der Waals surface area contributed by atoms with Gasteiger partial charge >= 0.3 is 0 Å². The third-order valence-electron chi connectivity index (χ3n) is 4.80. The first kappa shape index (κ1) is 17.9. The van der Waals surface area contributed by atoms with Crippen molar-refractivity contribution in [2.45, 2.75) is 0 Å². The molecule has 0 aliphatic heterocycles. The maximum absolute atomic E-state index is 13.5. The van der Waals surface area contributed by atoms with Crippen LogP contribution in [0.15, 0.2) is 72.8 Å². The van der Waals surface area contributed by atoms with E-state index in [4.69, 9.17) is 21.3 Å². The number of hydrogen-bond acceptors (Lipinski definition) is 4. The number of benzene rings is 3. The Morgan fingerprint density at radius 2 is 1.83 bits per heavy atom. The molecule has 0 aliphatic rings. The highest BCUT2D eigenvalue weighted by Crippen LogP contribution is 2.35. The second-order valence-electron chi connectivity index (χ2n) is 6.59. The van der Waals surface area contributed by atoms with Gasteiger partial charge in [0.05, 0.1) is 23.0 Å². The molecule has 0 saturated heterocycles. The van der Waals surface area contributed by atoms with E-state index in [1.807, 2.05) is 18.2 Å². The number of carbonyl (C=O) groups excluding carboxylic acids is 1. The molecular weight excluding hydrogens is 404 g/mol. The van der Waals surface area contributed by atoms with Crippen LogP contribution in [0.3, 0.4) is 0 Å². The van der Waals surface area contributed by atoms with Gasteiger partial charge in [-0.05, 0) is 60.0 Å². The number of rotatable bonds is 3. The number of fused-ring (bicyclic) bond motifs is 2. The van der Waals surface area contributed by atoms with Gasteiger partial charge in [0.25, 0.3) is 5.91 Å². The van der Waals surface area contributed by atoms with Gasteiger partial charge in [-0.3, -0.25) is 9.36 Å². The zero-order valence-corrected chi connectivity index (χ0v) is 17.0. The van der Waals surface area contributed by atoms with Gasteiger partial charge in [-0.25, -0.2) is 4.98 Å². The third kappa shape index (κ3) is 3.09. The molecule has 0 fully saturated rings. The van der Waals surface area contributed by atoms with E-state index in [1.165, 1.54) is 0 Å². The number of halogens is 1. The summed E-state index contributed by atoms with van der Waals surface area (Å²) in [6, 6.07) is 22.7. The van der Waals surface area contributed by atoms with Crippen molar-refractivity contribution in [1.82, 2.24) is 9.55 Å². The normalized spacial score (nSPS) is 11.2. The van der Waals surface area contributed by atoms with E-state index in [0.717, 1.165) is 20.5 Å². The van der Waals surface area contributed by atoms with Crippen LogP contribution < -0.4 is 4.74 Å². The molecule has 5 rings (SSSR count). The van der Waals surface area contributed by atoms with Crippen molar-refractivity contribution in [3.63, 3.8) is 0 Å². The van der Waals surface area contributed by atoms with Crippen molar-refractivity contribution < 1.29 is 9.53 Å². The summed E-state index contributed by atoms with van der Waals surface area (Å²) in [6.07, 6.45) is 0. The van der Waals surface area contributed by atoms with Crippen LogP contribution in [0.5, 0.6) is 5.75 Å². The first-order chi connectivity index (χ1) is 14.1. The lowest BCUT2D eigenvalue weighted by atomic mass is 10.2. The lowest BCUT2D eigenvalue weighted by molar-refractivity contribution is 0.0966. The maximum atomic E-state index is 13.5. The average molecular weight is 419 g/mol. The minimum absolute atomic E-state index is 0.162. The summed E-state index contributed by atoms with van der Waals surface area (Å²) in [4.78, 5) is 19.2. The number of ether oxygens (including phenoxy) is 1. The largest absolute Gasteiger partial charge is 0.497 e. The highest BCUT2D eigenvalue weighted by Gasteiger charge is 2.21. The van der Waals surface area contributed by atoms with Gasteiger partial charge < -0.3 is 4.74 Å². The van der Waals surface area contributed by atoms with Crippen LogP contribution in [-0.4, -0.2) is 22.6 Å². The van der Waals surface area contributed by atoms with Crippen LogP contribution in [0.4, 0.5) is 0 Å². The SMILES string of the molecule is COc1ccc(C(=O)n2c(-c3cc4ccccc4s3)nc3ccc(Cl)cc32)cc1. The van der Waals surface area contributed by atoms with Gasteiger partial charge in [0.15, 0.2) is 5.82 Å². The molecule has 5 aromatic rings. The van der Waals surface area contributed by atoms with Crippen molar-refractivity contribution in [1.29, 1.82) is 0 Å². The van der Waals surface area contributed by atoms with Crippen LogP contribution in [0, 0.1) is 0 Å². The number of imidazole rings is 1. The number of thiophene rings is 1. The standard InChI is InChI=1S/C23H15ClN2O2S/c1-28-17-9-6-14(7-10-17)23(27)26-19-13-16(24)8-11-18(19)25-22(26)21-12-15-4-2-3-5-20(15)29-21/h2-13H,1H3. The number of nitrogens with zero attached hydrogens (tertiary/aromatic N) is 2. The van der Waals surface area contributed by atoms with Gasteiger partial charge in [0.2, 0.25) is 0 Å². The Balaban J connectivity index is 1.74. The molecule has 2 aromatic heterocycles. The van der Waals surface area contributed by atoms with E-state index in [2.05, 4.69) is 18.2 Å². The smallest absolute Gasteiger partial charge is 0.264 e. The van der Waals surface area contributed by atoms with Gasteiger partial charge in [-0.15, -0.1) is 11.3 Å². The summed E-state index contributed by atoms with van der Waals surface area (Å²) in [5, 5.41) is 1.69. The molecule has 4 nitrogen and oxygen atoms in total. The Bertz CT molecular complexity index is 1340. The highest BCUT2D eigenvalue weighted by molar-refractivity contribution is 7.22. The van der Waals surface area contributed by atoms with Crippen LogP contribution in [0.1, 0.15) is 10.4 Å². The Kier molecular flexibility index (Phi) is 4.34. The average Bonchev–Trinajstić information content (AvgIpc) is 3.34. The molecule has 3 aromatic carbocycles. The number of aromatic nitrogens is 2. The highest BCUT2D eigenvalue weighted by atomic mass is 35.5. The van der Waals surface area contributed by atoms with Gasteiger partial charge in [0, 0.05) is 15.3 Å². The summed E-state index contributed by atoms with van der Waals surface area (Å²) in [5.41, 5.74) is 1.96. The van der Waals surface area contributed by atoms with E-state index >= 15 is 0 Å².